The maximum Gasteiger partial charge on any atom is 0.416 e. The lowest BCUT2D eigenvalue weighted by Crippen LogP contribution is -2.20. The summed E-state index contributed by atoms with van der Waals surface area (Å²) in [6.07, 6.45) is -1.32. The van der Waals surface area contributed by atoms with Gasteiger partial charge in [0.1, 0.15) is 17.8 Å². The number of aryl methyl sites for hydroxylation is 1. The van der Waals surface area contributed by atoms with Crippen LogP contribution in [-0.2, 0) is 15.8 Å². The van der Waals surface area contributed by atoms with E-state index >= 15 is 0 Å². The number of nitrogens with zero attached hydrogens (tertiary/aromatic N) is 2. The number of ether oxygens (including phenoxy) is 2. The molecule has 0 aliphatic heterocycles. The van der Waals surface area contributed by atoms with Crippen LogP contribution in [0.25, 0.3) is 22.3 Å². The summed E-state index contributed by atoms with van der Waals surface area (Å²) in [5, 5.41) is 3.94. The zero-order chi connectivity index (χ0) is 31.0. The fourth-order valence-electron chi connectivity index (χ4n) is 3.68. The highest BCUT2D eigenvalue weighted by atomic mass is 35.5. The number of hydrogen-bond acceptors (Lipinski definition) is 7. The third-order valence-electron chi connectivity index (χ3n) is 5.71. The van der Waals surface area contributed by atoms with Gasteiger partial charge in [-0.05, 0) is 67.6 Å². The molecule has 3 aromatic carbocycles. The Morgan fingerprint density at radius 1 is 0.977 bits per heavy atom. The van der Waals surface area contributed by atoms with Crippen molar-refractivity contribution in [3.63, 3.8) is 0 Å². The number of halogens is 4. The second-order valence-electron chi connectivity index (χ2n) is 8.92. The molecule has 2 heterocycles. The van der Waals surface area contributed by atoms with E-state index in [1.54, 1.807) is 61.1 Å². The lowest BCUT2D eigenvalue weighted by atomic mass is 10.1. The number of carbonyl (C=O) groups excluding carboxylic acids is 2. The Balaban J connectivity index is 0.000000296. The van der Waals surface area contributed by atoms with Crippen molar-refractivity contribution in [1.29, 1.82) is 0 Å². The van der Waals surface area contributed by atoms with Crippen LogP contribution < -0.4 is 20.5 Å². The number of amides is 2. The number of rotatable bonds is 8. The smallest absolute Gasteiger partial charge is 0.416 e. The van der Waals surface area contributed by atoms with E-state index in [9.17, 15) is 22.8 Å². The number of benzene rings is 3. The third kappa shape index (κ3) is 8.69. The molecule has 0 unspecified atom stereocenters. The highest BCUT2D eigenvalue weighted by Gasteiger charge is 2.30. The first-order valence-electron chi connectivity index (χ1n) is 12.6. The van der Waals surface area contributed by atoms with Gasteiger partial charge in [-0.1, -0.05) is 23.7 Å². The lowest BCUT2D eigenvalue weighted by Gasteiger charge is -2.10. The van der Waals surface area contributed by atoms with Crippen LogP contribution in [0.3, 0.4) is 0 Å². The monoisotopic (exact) mass is 612 g/mol. The topological polar surface area (TPSA) is 130 Å². The molecule has 43 heavy (non-hydrogen) atoms. The summed E-state index contributed by atoms with van der Waals surface area (Å²) in [6.45, 7) is 1.34. The van der Waals surface area contributed by atoms with Gasteiger partial charge in [0.05, 0.1) is 27.9 Å². The van der Waals surface area contributed by atoms with Crippen LogP contribution in [0.5, 0.6) is 11.5 Å². The fourth-order valence-corrected chi connectivity index (χ4v) is 3.87. The number of alkyl halides is 3. The van der Waals surface area contributed by atoms with Crippen molar-refractivity contribution in [3.8, 4) is 22.9 Å². The third-order valence-corrected chi connectivity index (χ3v) is 6.02. The quantitative estimate of drug-likeness (QED) is 0.206. The number of fused-ring (bicyclic) bond motifs is 1. The van der Waals surface area contributed by atoms with E-state index < -0.39 is 23.6 Å². The number of nitrogens with two attached hydrogens (primary N) is 1. The van der Waals surface area contributed by atoms with Crippen molar-refractivity contribution in [2.45, 2.75) is 13.1 Å². The van der Waals surface area contributed by atoms with Gasteiger partial charge in [0, 0.05) is 16.8 Å². The Bertz CT molecular complexity index is 1710. The van der Waals surface area contributed by atoms with Crippen molar-refractivity contribution >= 4 is 40.0 Å². The predicted octanol–water partition coefficient (Wildman–Crippen LogP) is 6.44. The number of nitrogens with one attached hydrogen (secondary N) is 1. The molecule has 0 aliphatic carbocycles. The molecule has 0 aliphatic rings. The molecule has 0 atom stereocenters. The number of para-hydroxylation sites is 1. The summed E-state index contributed by atoms with van der Waals surface area (Å²) in [5.74, 6) is 0.207. The molecule has 9 nitrogen and oxygen atoms in total. The first-order valence-corrected chi connectivity index (χ1v) is 12.9. The lowest BCUT2D eigenvalue weighted by molar-refractivity contribution is -0.137. The number of anilines is 1. The first-order chi connectivity index (χ1) is 20.5. The molecule has 3 N–H and O–H groups in total. The van der Waals surface area contributed by atoms with Crippen molar-refractivity contribution in [1.82, 2.24) is 9.97 Å². The van der Waals surface area contributed by atoms with Gasteiger partial charge in [-0.15, -0.1) is 0 Å². The Morgan fingerprint density at radius 2 is 1.72 bits per heavy atom. The Morgan fingerprint density at radius 3 is 2.37 bits per heavy atom. The number of furan rings is 1. The first kappa shape index (κ1) is 30.8. The van der Waals surface area contributed by atoms with E-state index in [0.717, 1.165) is 28.8 Å². The van der Waals surface area contributed by atoms with E-state index in [1.807, 2.05) is 6.92 Å². The Kier molecular flexibility index (Phi) is 9.83. The molecule has 0 fully saturated rings. The molecule has 0 saturated heterocycles. The largest absolute Gasteiger partial charge is 0.484 e. The average molecular weight is 613 g/mol. The van der Waals surface area contributed by atoms with Crippen molar-refractivity contribution in [3.05, 3.63) is 102 Å². The molecular weight excluding hydrogens is 589 g/mol. The van der Waals surface area contributed by atoms with Gasteiger partial charge in [-0.25, -0.2) is 9.97 Å². The molecule has 0 spiro atoms. The molecule has 5 rings (SSSR count). The van der Waals surface area contributed by atoms with E-state index in [0.29, 0.717) is 27.8 Å². The van der Waals surface area contributed by atoms with E-state index in [1.165, 1.54) is 12.1 Å². The van der Waals surface area contributed by atoms with Crippen LogP contribution >= 0.6 is 11.6 Å². The van der Waals surface area contributed by atoms with Gasteiger partial charge in [0.2, 0.25) is 0 Å². The zero-order valence-electron chi connectivity index (χ0n) is 22.5. The molecule has 0 saturated carbocycles. The van der Waals surface area contributed by atoms with Crippen molar-refractivity contribution in [2.24, 2.45) is 5.73 Å². The van der Waals surface area contributed by atoms with E-state index in [2.05, 4.69) is 15.3 Å². The molecular formula is C30H24ClF3N4O5. The van der Waals surface area contributed by atoms with E-state index in [4.69, 9.17) is 31.2 Å². The SMILES string of the molecule is Cc1nc(-c2ccoc2)nc2ccc(NC(=O)COc3ccc(C(F)(F)F)cc3)cc12.NC(=O)COc1ccccc1Cl. The second kappa shape index (κ2) is 13.7. The molecule has 222 valence electrons. The van der Waals surface area contributed by atoms with Crippen molar-refractivity contribution in [2.75, 3.05) is 18.5 Å². The Hall–Kier alpha value is -5.10. The highest BCUT2D eigenvalue weighted by molar-refractivity contribution is 6.32. The van der Waals surface area contributed by atoms with Gasteiger partial charge in [-0.2, -0.15) is 13.2 Å². The normalized spacial score (nSPS) is 10.9. The summed E-state index contributed by atoms with van der Waals surface area (Å²) >= 11 is 5.73. The van der Waals surface area contributed by atoms with Crippen molar-refractivity contribution < 1.29 is 36.7 Å². The molecule has 5 aromatic rings. The zero-order valence-corrected chi connectivity index (χ0v) is 23.3. The number of carbonyl (C=O) groups is 2. The highest BCUT2D eigenvalue weighted by Crippen LogP contribution is 2.30. The summed E-state index contributed by atoms with van der Waals surface area (Å²) in [5.41, 5.74) is 6.84. The standard InChI is InChI=1S/C22H16F3N3O3.C8H8ClNO2/c1-13-18-10-16(4-7-19(18)28-21(26-13)14-8-9-30-11-14)27-20(29)12-31-17-5-2-15(3-6-17)22(23,24)25;9-6-3-1-2-4-7(6)12-5-8(10)11/h2-11H,12H2,1H3,(H,27,29);1-4H,5H2,(H2,10,11). The van der Waals surface area contributed by atoms with Crippen LogP contribution in [-0.4, -0.2) is 35.0 Å². The minimum atomic E-state index is -4.42. The van der Waals surface area contributed by atoms with Crippen LogP contribution in [0.15, 0.2) is 89.7 Å². The summed E-state index contributed by atoms with van der Waals surface area (Å²) in [7, 11) is 0. The van der Waals surface area contributed by atoms with Gasteiger partial charge in [0.15, 0.2) is 19.0 Å². The van der Waals surface area contributed by atoms with Crippen LogP contribution in [0.4, 0.5) is 18.9 Å². The number of primary amides is 1. The summed E-state index contributed by atoms with van der Waals surface area (Å²) in [6, 6.07) is 18.0. The molecule has 0 bridgehead atoms. The minimum Gasteiger partial charge on any atom is -0.484 e. The van der Waals surface area contributed by atoms with Gasteiger partial charge < -0.3 is 24.9 Å². The number of aromatic nitrogens is 2. The molecule has 2 aromatic heterocycles. The summed E-state index contributed by atoms with van der Waals surface area (Å²) < 4.78 is 53.1. The Labute approximate surface area is 248 Å². The maximum atomic E-state index is 12.6. The number of hydrogen-bond donors (Lipinski definition) is 2. The van der Waals surface area contributed by atoms with Crippen LogP contribution in [0.1, 0.15) is 11.3 Å². The molecule has 0 radical (unpaired) electrons. The maximum absolute atomic E-state index is 12.6. The second-order valence-corrected chi connectivity index (χ2v) is 9.33. The van der Waals surface area contributed by atoms with E-state index in [-0.39, 0.29) is 19.0 Å². The van der Waals surface area contributed by atoms with Gasteiger partial charge >= 0.3 is 6.18 Å². The fraction of sp³-hybridized carbons (Fsp3) is 0.133. The minimum absolute atomic E-state index is 0.149. The van der Waals surface area contributed by atoms with Crippen LogP contribution in [0, 0.1) is 6.92 Å². The predicted molar refractivity (Wildman–Crippen MR) is 154 cm³/mol. The van der Waals surface area contributed by atoms with Gasteiger partial charge in [-0.3, -0.25) is 9.59 Å². The van der Waals surface area contributed by atoms with Gasteiger partial charge in [0.25, 0.3) is 11.8 Å². The van der Waals surface area contributed by atoms with Crippen LogP contribution in [0.2, 0.25) is 5.02 Å². The molecule has 13 heteroatoms. The molecule has 2 amide bonds. The average Bonchev–Trinajstić information content (AvgIpc) is 3.51. The summed E-state index contributed by atoms with van der Waals surface area (Å²) in [4.78, 5) is 31.5.